The highest BCUT2D eigenvalue weighted by atomic mass is 79.9. The average molecular weight is 1540 g/mol. The van der Waals surface area contributed by atoms with Crippen molar-refractivity contribution in [2.75, 3.05) is 21.8 Å². The van der Waals surface area contributed by atoms with Crippen molar-refractivity contribution < 1.29 is 35.4 Å². The maximum absolute atomic E-state index is 5.32. The molecule has 0 saturated carbocycles. The Labute approximate surface area is 664 Å². The molecular weight excluding hydrogens is 1450 g/mol. The van der Waals surface area contributed by atoms with Gasteiger partial charge in [-0.15, -0.1) is 0 Å². The molecule has 0 spiro atoms. The van der Waals surface area contributed by atoms with Gasteiger partial charge in [-0.25, -0.2) is 0 Å². The molecule has 14 aromatic rings. The zero-order valence-electron chi connectivity index (χ0n) is 61.4. The normalized spacial score (nSPS) is 14.1. The van der Waals surface area contributed by atoms with Crippen LogP contribution in [0.1, 0.15) is 57.0 Å². The Morgan fingerprint density at radius 2 is 0.651 bits per heavy atom. The Hall–Kier alpha value is -11.4. The molecule has 0 fully saturated rings. The van der Waals surface area contributed by atoms with Crippen molar-refractivity contribution in [3.63, 3.8) is 0 Å². The van der Waals surface area contributed by atoms with E-state index in [1.54, 1.807) is 7.11 Å². The lowest BCUT2D eigenvalue weighted by Crippen LogP contribution is -3.00. The number of pyridine rings is 3. The van der Waals surface area contributed by atoms with Crippen LogP contribution in [-0.2, 0) is 39.3 Å². The summed E-state index contributed by atoms with van der Waals surface area (Å²) in [6, 6.07) is 108. The number of hydrogen-bond acceptors (Lipinski definition) is 7. The molecule has 0 aliphatic carbocycles. The highest BCUT2D eigenvalue weighted by Crippen LogP contribution is 2.49. The summed E-state index contributed by atoms with van der Waals surface area (Å²) in [6.07, 6.45) is 30.7. The van der Waals surface area contributed by atoms with Crippen LogP contribution in [0.4, 0.5) is 17.1 Å². The first-order valence-electron chi connectivity index (χ1n) is 36.9. The fraction of sp³-hybridized carbons (Fsp3) is 0.0918. The molecule has 3 aromatic heterocycles. The minimum atomic E-state index is 0. The van der Waals surface area contributed by atoms with Crippen LogP contribution >= 0.6 is 35.3 Å². The number of nitrogens with zero attached hydrogens (tertiary/aromatic N) is 6. The number of fused-ring (bicyclic) bond motifs is 6. The minimum Gasteiger partial charge on any atom is -1.00 e. The van der Waals surface area contributed by atoms with Gasteiger partial charge < -0.3 is 36.4 Å². The van der Waals surface area contributed by atoms with Gasteiger partial charge >= 0.3 is 0 Å². The molecule has 0 atom stereocenters. The molecule has 6 heterocycles. The highest BCUT2D eigenvalue weighted by Gasteiger charge is 2.28. The number of anilines is 3. The van der Waals surface area contributed by atoms with Crippen molar-refractivity contribution >= 4 is 103 Å². The second-order valence-electron chi connectivity index (χ2n) is 26.6. The fourth-order valence-electron chi connectivity index (χ4n) is 13.9. The van der Waals surface area contributed by atoms with Gasteiger partial charge in [-0.1, -0.05) is 290 Å². The van der Waals surface area contributed by atoms with E-state index in [0.29, 0.717) is 0 Å². The summed E-state index contributed by atoms with van der Waals surface area (Å²) in [4.78, 5) is 11.1. The lowest BCUT2D eigenvalue weighted by atomic mass is 10.1. The van der Waals surface area contributed by atoms with Gasteiger partial charge in [-0.2, -0.15) is 13.7 Å². The van der Waals surface area contributed by atoms with Crippen LogP contribution in [0.5, 0.6) is 5.75 Å². The van der Waals surface area contributed by atoms with Crippen LogP contribution in [0.15, 0.2) is 400 Å². The summed E-state index contributed by atoms with van der Waals surface area (Å²) in [7, 11) is 1.70. The molecule has 17 rings (SSSR count). The number of para-hydroxylation sites is 6. The molecule has 11 heteroatoms. The SMILES string of the molecule is C(=Cc1cc[n+](Cc2ccccc2)c2ccccc12)C=C1Sc2ccccc2N1Cc1ccccc1.CC[n+]1ccc(C=CC=C2Sc3ccccc3N2Cc2ccc(OC)cc2)c2ccccc21.Cc1ccc(C[n+]2ccc(C=CC=CC=C3Sc4ccccc4N3Cc3ccccc3)c3ccccc32)cc1.[Br-]. The lowest BCUT2D eigenvalue weighted by molar-refractivity contribution is -0.667. The number of rotatable bonds is 19. The van der Waals surface area contributed by atoms with Crippen LogP contribution in [0.25, 0.3) is 50.9 Å². The van der Waals surface area contributed by atoms with Crippen molar-refractivity contribution in [3.8, 4) is 5.75 Å². The van der Waals surface area contributed by atoms with Crippen molar-refractivity contribution in [1.82, 2.24) is 0 Å². The smallest absolute Gasteiger partial charge is 0.213 e. The van der Waals surface area contributed by atoms with Gasteiger partial charge in [0.05, 0.1) is 55.4 Å². The third-order valence-corrected chi connectivity index (χ3v) is 22.8. The van der Waals surface area contributed by atoms with Crippen molar-refractivity contribution in [2.24, 2.45) is 0 Å². The number of methoxy groups -OCH3 is 1. The number of aryl methyl sites for hydroxylation is 2. The second kappa shape index (κ2) is 36.4. The predicted octanol–water partition coefficient (Wildman–Crippen LogP) is 20.4. The molecule has 0 amide bonds. The van der Waals surface area contributed by atoms with E-state index in [0.717, 1.165) is 45.0 Å². The van der Waals surface area contributed by atoms with Gasteiger partial charge in [0.25, 0.3) is 0 Å². The summed E-state index contributed by atoms with van der Waals surface area (Å²) >= 11 is 5.49. The number of thioether (sulfide) groups is 3. The quantitative estimate of drug-likeness (QED) is 0.0589. The molecule has 0 unspecified atom stereocenters. The molecule has 3 aliphatic rings. The minimum absolute atomic E-state index is 0. The average Bonchev–Trinajstić information content (AvgIpc) is 1.77. The number of hydrogen-bond donors (Lipinski definition) is 0. The van der Waals surface area contributed by atoms with Crippen LogP contribution in [-0.4, -0.2) is 7.11 Å². The van der Waals surface area contributed by atoms with Crippen LogP contribution in [0, 0.1) is 6.92 Å². The Bertz CT molecular complexity index is 5700. The molecule has 7 nitrogen and oxygen atoms in total. The first-order valence-corrected chi connectivity index (χ1v) is 39.3. The molecule has 0 bridgehead atoms. The van der Waals surface area contributed by atoms with E-state index in [-0.39, 0.29) is 17.0 Å². The molecule has 0 N–H and O–H groups in total. The van der Waals surface area contributed by atoms with E-state index < -0.39 is 0 Å². The molecule has 3 aliphatic heterocycles. The third-order valence-electron chi connectivity index (χ3n) is 19.4. The van der Waals surface area contributed by atoms with Crippen molar-refractivity contribution in [3.05, 3.63) is 436 Å². The summed E-state index contributed by atoms with van der Waals surface area (Å²) in [6.45, 7) is 9.53. The van der Waals surface area contributed by atoms with Gasteiger partial charge in [-0.3, -0.25) is 0 Å². The largest absolute Gasteiger partial charge is 1.00 e. The van der Waals surface area contributed by atoms with E-state index in [2.05, 4.69) is 419 Å². The number of aromatic nitrogens is 3. The zero-order chi connectivity index (χ0) is 73.2. The van der Waals surface area contributed by atoms with Crippen LogP contribution in [0.3, 0.4) is 0 Å². The monoisotopic (exact) mass is 1540 g/mol. The number of ether oxygens (including phenoxy) is 1. The first kappa shape index (κ1) is 74.4. The van der Waals surface area contributed by atoms with Gasteiger partial charge in [0.2, 0.25) is 16.6 Å². The van der Waals surface area contributed by atoms with E-state index in [9.17, 15) is 0 Å². The molecule has 536 valence electrons. The Kier molecular flexibility index (Phi) is 24.9. The zero-order valence-corrected chi connectivity index (χ0v) is 65.4. The Morgan fingerprint density at radius 3 is 1.07 bits per heavy atom. The number of benzene rings is 11. The second-order valence-corrected chi connectivity index (χ2v) is 29.8. The van der Waals surface area contributed by atoms with Crippen molar-refractivity contribution in [2.45, 2.75) is 67.8 Å². The maximum Gasteiger partial charge on any atom is 0.213 e. The van der Waals surface area contributed by atoms with Gasteiger partial charge in [0.1, 0.15) is 12.3 Å². The molecular formula is C98H85BrN6OS3+2. The summed E-state index contributed by atoms with van der Waals surface area (Å²) in [5, 5.41) is 7.50. The van der Waals surface area contributed by atoms with E-state index in [4.69, 9.17) is 4.74 Å². The number of allylic oxidation sites excluding steroid dienone is 8. The topological polar surface area (TPSA) is 30.6 Å². The van der Waals surface area contributed by atoms with Gasteiger partial charge in [-0.05, 0) is 132 Å². The van der Waals surface area contributed by atoms with Crippen LogP contribution < -0.4 is 50.1 Å². The maximum atomic E-state index is 5.32. The molecule has 0 radical (unpaired) electrons. The number of halogens is 1. The van der Waals surface area contributed by atoms with Crippen molar-refractivity contribution in [1.29, 1.82) is 0 Å². The van der Waals surface area contributed by atoms with E-state index in [1.165, 1.54) is 130 Å². The summed E-state index contributed by atoms with van der Waals surface area (Å²) in [5.41, 5.74) is 19.0. The van der Waals surface area contributed by atoms with E-state index in [1.807, 2.05) is 47.4 Å². The Morgan fingerprint density at radius 1 is 0.321 bits per heavy atom. The van der Waals surface area contributed by atoms with Gasteiger partial charge in [0, 0.05) is 81.8 Å². The fourth-order valence-corrected chi connectivity index (χ4v) is 17.1. The first-order chi connectivity index (χ1) is 53.4. The standard InChI is InChI=1S/C36H31N2S.C33H27N2S.C29H27N2OS.BrH/c1-28-20-22-30(23-21-28)26-37-25-24-31(32-15-8-9-16-33(32)37)14-6-3-7-19-36-38(27-29-12-4-2-5-13-29)34-17-10-11-18-35(34)39-36;1-3-12-26(13-4-1)24-34-23-22-28(29-17-7-8-18-30(29)34)16-11-21-33-35(25-27-14-5-2-6-15-27)31-19-9-10-20-32(31)36-33;1-3-30-20-19-23(25-10-4-5-11-26(25)30)9-8-14-29-31(27-12-6-7-13-28(27)33-29)21-22-15-17-24(32-2)18-16-22;/h2-25H,26-27H2,1H3;1-23H,24-25H2;4-20H,3,21H2,1-2H3;1H/q3*+1;/p-1. The van der Waals surface area contributed by atoms with E-state index >= 15 is 0 Å². The van der Waals surface area contributed by atoms with Gasteiger partial charge in [0.15, 0.2) is 31.7 Å². The highest BCUT2D eigenvalue weighted by molar-refractivity contribution is 8.04. The predicted molar refractivity (Wildman–Crippen MR) is 456 cm³/mol. The molecule has 109 heavy (non-hydrogen) atoms. The summed E-state index contributed by atoms with van der Waals surface area (Å²) in [5.74, 6) is 0.883. The Balaban J connectivity index is 0.000000136. The summed E-state index contributed by atoms with van der Waals surface area (Å²) < 4.78 is 12.3. The molecule has 11 aromatic carbocycles. The molecule has 0 saturated heterocycles. The van der Waals surface area contributed by atoms with Crippen LogP contribution in [0.2, 0.25) is 0 Å². The third kappa shape index (κ3) is 18.2. The lowest BCUT2D eigenvalue weighted by Gasteiger charge is -2.20.